The van der Waals surface area contributed by atoms with Gasteiger partial charge in [-0.3, -0.25) is 0 Å². The lowest BCUT2D eigenvalue weighted by Gasteiger charge is -2.40. The molecule has 2 aliphatic rings. The Balaban J connectivity index is 1.53. The lowest BCUT2D eigenvalue weighted by molar-refractivity contribution is 0.246. The predicted octanol–water partition coefficient (Wildman–Crippen LogP) is 2.61. The smallest absolute Gasteiger partial charge is 0.243 e. The second-order valence-corrected chi connectivity index (χ2v) is 9.54. The summed E-state index contributed by atoms with van der Waals surface area (Å²) in [6.07, 6.45) is 2.78. The zero-order valence-corrected chi connectivity index (χ0v) is 16.1. The molecule has 0 saturated carbocycles. The Labute approximate surface area is 159 Å². The van der Waals surface area contributed by atoms with Crippen molar-refractivity contribution in [1.82, 2.24) is 14.5 Å². The Morgan fingerprint density at radius 3 is 2.67 bits per heavy atom. The summed E-state index contributed by atoms with van der Waals surface area (Å²) in [6.45, 7) is 4.49. The molecule has 0 aliphatic carbocycles. The molecule has 1 atom stereocenters. The van der Waals surface area contributed by atoms with Crippen LogP contribution in [0.1, 0.15) is 25.0 Å². The molecule has 1 aromatic carbocycles. The number of halogens is 1. The molecule has 27 heavy (non-hydrogen) atoms. The van der Waals surface area contributed by atoms with E-state index in [1.54, 1.807) is 0 Å². The van der Waals surface area contributed by atoms with E-state index in [-0.39, 0.29) is 10.3 Å². The number of anilines is 1. The highest BCUT2D eigenvalue weighted by Gasteiger charge is 2.45. The Hall–Kier alpha value is -2.06. The first-order chi connectivity index (χ1) is 12.9. The number of piperidine rings is 1. The third-order valence-electron chi connectivity index (χ3n) is 5.61. The zero-order chi connectivity index (χ0) is 19.1. The molecule has 0 N–H and O–H groups in total. The van der Waals surface area contributed by atoms with Crippen LogP contribution in [0.25, 0.3) is 0 Å². The fourth-order valence-electron chi connectivity index (χ4n) is 4.17. The van der Waals surface area contributed by atoms with Gasteiger partial charge in [-0.05, 0) is 56.5 Å². The number of sulfonamides is 1. The SMILES string of the molecule is Cc1ccc(N2CCC[C@]3(CCN(S(=O)(=O)c4cccc(F)c4)C3)C2)nn1. The number of rotatable bonds is 3. The van der Waals surface area contributed by atoms with E-state index in [0.717, 1.165) is 49.9 Å². The van der Waals surface area contributed by atoms with Crippen LogP contribution in [0, 0.1) is 18.2 Å². The average Bonchev–Trinajstić information content (AvgIpc) is 3.06. The number of hydrogen-bond donors (Lipinski definition) is 0. The number of benzene rings is 1. The van der Waals surface area contributed by atoms with E-state index in [1.807, 2.05) is 19.1 Å². The molecule has 0 radical (unpaired) electrons. The van der Waals surface area contributed by atoms with Crippen LogP contribution in [0.15, 0.2) is 41.3 Å². The minimum atomic E-state index is -3.68. The summed E-state index contributed by atoms with van der Waals surface area (Å²) in [5.41, 5.74) is 0.782. The van der Waals surface area contributed by atoms with Crippen LogP contribution in [-0.4, -0.2) is 49.1 Å². The molecular weight excluding hydrogens is 367 g/mol. The Kier molecular flexibility index (Phi) is 4.63. The largest absolute Gasteiger partial charge is 0.355 e. The predicted molar refractivity (Wildman–Crippen MR) is 100 cm³/mol. The summed E-state index contributed by atoms with van der Waals surface area (Å²) in [7, 11) is -3.68. The highest BCUT2D eigenvalue weighted by molar-refractivity contribution is 7.89. The summed E-state index contributed by atoms with van der Waals surface area (Å²) < 4.78 is 40.9. The van der Waals surface area contributed by atoms with Crippen LogP contribution in [0.5, 0.6) is 0 Å². The molecule has 4 rings (SSSR count). The van der Waals surface area contributed by atoms with Gasteiger partial charge in [0.05, 0.1) is 10.6 Å². The maximum Gasteiger partial charge on any atom is 0.243 e. The van der Waals surface area contributed by atoms with Crippen LogP contribution in [0.2, 0.25) is 0 Å². The van der Waals surface area contributed by atoms with Crippen molar-refractivity contribution in [2.24, 2.45) is 5.41 Å². The van der Waals surface area contributed by atoms with Crippen molar-refractivity contribution in [2.45, 2.75) is 31.1 Å². The van der Waals surface area contributed by atoms with E-state index in [2.05, 4.69) is 15.1 Å². The maximum atomic E-state index is 13.5. The standard InChI is InChI=1S/C19H23FN4O2S/c1-15-6-7-18(22-21-15)23-10-3-8-19(13-23)9-11-24(14-19)27(25,26)17-5-2-4-16(20)12-17/h2,4-7,12H,3,8-11,13-14H2,1H3/t19-/m0/s1. The Morgan fingerprint density at radius 1 is 1.07 bits per heavy atom. The molecule has 144 valence electrons. The normalized spacial score (nSPS) is 23.9. The molecule has 2 aromatic rings. The van der Waals surface area contributed by atoms with Gasteiger partial charge in [0.2, 0.25) is 10.0 Å². The third-order valence-corrected chi connectivity index (χ3v) is 7.45. The second kappa shape index (κ2) is 6.83. The summed E-state index contributed by atoms with van der Waals surface area (Å²) in [5.74, 6) is 0.304. The van der Waals surface area contributed by atoms with E-state index in [0.29, 0.717) is 13.1 Å². The van der Waals surface area contributed by atoms with Crippen molar-refractivity contribution >= 4 is 15.8 Å². The fourth-order valence-corrected chi connectivity index (χ4v) is 5.76. The summed E-state index contributed by atoms with van der Waals surface area (Å²) in [4.78, 5) is 2.23. The van der Waals surface area contributed by atoms with Crippen molar-refractivity contribution < 1.29 is 12.8 Å². The lowest BCUT2D eigenvalue weighted by atomic mass is 9.79. The Morgan fingerprint density at radius 2 is 1.93 bits per heavy atom. The number of aryl methyl sites for hydroxylation is 1. The van der Waals surface area contributed by atoms with Gasteiger partial charge in [-0.2, -0.15) is 9.40 Å². The monoisotopic (exact) mass is 390 g/mol. The minimum absolute atomic E-state index is 0.0246. The van der Waals surface area contributed by atoms with Gasteiger partial charge in [-0.15, -0.1) is 5.10 Å². The summed E-state index contributed by atoms with van der Waals surface area (Å²) >= 11 is 0. The maximum absolute atomic E-state index is 13.5. The number of hydrogen-bond acceptors (Lipinski definition) is 5. The minimum Gasteiger partial charge on any atom is -0.355 e. The quantitative estimate of drug-likeness (QED) is 0.806. The van der Waals surface area contributed by atoms with Crippen molar-refractivity contribution in [3.63, 3.8) is 0 Å². The van der Waals surface area contributed by atoms with E-state index >= 15 is 0 Å². The average molecular weight is 390 g/mol. The van der Waals surface area contributed by atoms with E-state index in [9.17, 15) is 12.8 Å². The van der Waals surface area contributed by atoms with Crippen LogP contribution in [0.3, 0.4) is 0 Å². The van der Waals surface area contributed by atoms with Gasteiger partial charge in [0, 0.05) is 31.6 Å². The van der Waals surface area contributed by atoms with Crippen LogP contribution in [-0.2, 0) is 10.0 Å². The first-order valence-electron chi connectivity index (χ1n) is 9.19. The van der Waals surface area contributed by atoms with Crippen LogP contribution < -0.4 is 4.90 Å². The molecule has 0 unspecified atom stereocenters. The van der Waals surface area contributed by atoms with Gasteiger partial charge in [0.25, 0.3) is 0 Å². The van der Waals surface area contributed by atoms with Gasteiger partial charge in [-0.25, -0.2) is 12.8 Å². The molecule has 8 heteroatoms. The lowest BCUT2D eigenvalue weighted by Crippen LogP contribution is -2.45. The molecule has 2 aliphatic heterocycles. The fraction of sp³-hybridized carbons (Fsp3) is 0.474. The van der Waals surface area contributed by atoms with E-state index in [1.165, 1.54) is 22.5 Å². The van der Waals surface area contributed by atoms with Crippen LogP contribution in [0.4, 0.5) is 10.2 Å². The van der Waals surface area contributed by atoms with Gasteiger partial charge in [-0.1, -0.05) is 6.07 Å². The van der Waals surface area contributed by atoms with E-state index < -0.39 is 15.8 Å². The summed E-state index contributed by atoms with van der Waals surface area (Å²) in [5, 5.41) is 8.42. The molecule has 2 fully saturated rings. The highest BCUT2D eigenvalue weighted by Crippen LogP contribution is 2.41. The number of aromatic nitrogens is 2. The van der Waals surface area contributed by atoms with Gasteiger partial charge >= 0.3 is 0 Å². The number of nitrogens with zero attached hydrogens (tertiary/aromatic N) is 4. The first kappa shape index (κ1) is 18.3. The molecule has 1 aromatic heterocycles. The molecule has 3 heterocycles. The third kappa shape index (κ3) is 3.55. The second-order valence-electron chi connectivity index (χ2n) is 7.60. The molecule has 1 spiro atoms. The summed E-state index contributed by atoms with van der Waals surface area (Å²) in [6, 6.07) is 9.16. The molecular formula is C19H23FN4O2S. The topological polar surface area (TPSA) is 66.4 Å². The van der Waals surface area contributed by atoms with Gasteiger partial charge < -0.3 is 4.90 Å². The van der Waals surface area contributed by atoms with Crippen molar-refractivity contribution in [1.29, 1.82) is 0 Å². The highest BCUT2D eigenvalue weighted by atomic mass is 32.2. The van der Waals surface area contributed by atoms with E-state index in [4.69, 9.17) is 0 Å². The molecule has 2 saturated heterocycles. The molecule has 0 amide bonds. The Bertz CT molecular complexity index is 935. The molecule has 6 nitrogen and oxygen atoms in total. The van der Waals surface area contributed by atoms with Crippen LogP contribution >= 0.6 is 0 Å². The first-order valence-corrected chi connectivity index (χ1v) is 10.6. The zero-order valence-electron chi connectivity index (χ0n) is 15.3. The van der Waals surface area contributed by atoms with Gasteiger partial charge in [0.15, 0.2) is 5.82 Å². The van der Waals surface area contributed by atoms with Crippen molar-refractivity contribution in [3.05, 3.63) is 47.9 Å². The van der Waals surface area contributed by atoms with Crippen molar-refractivity contribution in [2.75, 3.05) is 31.1 Å². The van der Waals surface area contributed by atoms with Crippen molar-refractivity contribution in [3.8, 4) is 0 Å². The van der Waals surface area contributed by atoms with Gasteiger partial charge in [0.1, 0.15) is 5.82 Å². The molecule has 0 bridgehead atoms.